The number of carbonyl (C=O) groups excluding carboxylic acids is 2. The molecule has 0 amide bonds. The van der Waals surface area contributed by atoms with Gasteiger partial charge in [-0.25, -0.2) is 9.78 Å². The lowest BCUT2D eigenvalue weighted by Crippen LogP contribution is -2.17. The number of aromatic amines is 1. The Morgan fingerprint density at radius 3 is 2.66 bits per heavy atom. The average Bonchev–Trinajstić information content (AvgIpc) is 3.21. The molecule has 0 aliphatic rings. The number of imidazole rings is 1. The molecule has 3 rings (SSSR count). The van der Waals surface area contributed by atoms with E-state index in [-0.39, 0.29) is 5.78 Å². The maximum Gasteiger partial charge on any atom is 0.339 e. The third-order valence-electron chi connectivity index (χ3n) is 4.86. The first-order chi connectivity index (χ1) is 13.9. The van der Waals surface area contributed by atoms with Crippen LogP contribution in [0.4, 0.5) is 0 Å². The topological polar surface area (TPSA) is 86.2 Å². The molecular weight excluding hydrogens is 390 g/mol. The van der Waals surface area contributed by atoms with Crippen molar-refractivity contribution in [3.8, 4) is 0 Å². The number of nitrogens with zero attached hydrogens (tertiary/aromatic N) is 2. The summed E-state index contributed by atoms with van der Waals surface area (Å²) in [6.07, 6.45) is 0. The maximum absolute atomic E-state index is 13.1. The fraction of sp³-hybridized carbons (Fsp3) is 0.381. The molecule has 154 valence electrons. The first kappa shape index (κ1) is 21.1. The number of esters is 1. The molecule has 0 fully saturated rings. The Bertz CT molecular complexity index is 1050. The molecule has 2 heterocycles. The highest BCUT2D eigenvalue weighted by atomic mass is 32.2. The van der Waals surface area contributed by atoms with Gasteiger partial charge in [-0.1, -0.05) is 23.9 Å². The van der Waals surface area contributed by atoms with Crippen molar-refractivity contribution in [2.75, 3.05) is 20.8 Å². The first-order valence-electron chi connectivity index (χ1n) is 9.31. The van der Waals surface area contributed by atoms with E-state index in [9.17, 15) is 9.59 Å². The molecule has 29 heavy (non-hydrogen) atoms. The number of ether oxygens (including phenoxy) is 2. The predicted octanol–water partition coefficient (Wildman–Crippen LogP) is 3.78. The number of para-hydroxylation sites is 2. The van der Waals surface area contributed by atoms with E-state index in [1.54, 1.807) is 21.0 Å². The second kappa shape index (κ2) is 8.84. The van der Waals surface area contributed by atoms with Crippen molar-refractivity contribution in [2.45, 2.75) is 37.7 Å². The molecule has 1 N–H and O–H groups in total. The Kier molecular flexibility index (Phi) is 6.44. The van der Waals surface area contributed by atoms with Crippen LogP contribution in [-0.4, -0.2) is 52.4 Å². The molecular formula is C21H25N3O4S. The number of hydrogen-bond acceptors (Lipinski definition) is 6. The zero-order chi connectivity index (χ0) is 21.1. The van der Waals surface area contributed by atoms with Crippen LogP contribution in [0.3, 0.4) is 0 Å². The summed E-state index contributed by atoms with van der Waals surface area (Å²) in [6, 6.07) is 7.88. The van der Waals surface area contributed by atoms with Gasteiger partial charge in [0.2, 0.25) is 0 Å². The fourth-order valence-electron chi connectivity index (χ4n) is 3.36. The first-order valence-corrected chi connectivity index (χ1v) is 10.2. The van der Waals surface area contributed by atoms with Gasteiger partial charge in [-0.2, -0.15) is 0 Å². The van der Waals surface area contributed by atoms with E-state index in [0.29, 0.717) is 35.7 Å². The van der Waals surface area contributed by atoms with E-state index < -0.39 is 11.2 Å². The summed E-state index contributed by atoms with van der Waals surface area (Å²) in [5, 5.41) is 0.369. The molecule has 1 aromatic carbocycles. The number of methoxy groups -OCH3 is 2. The molecule has 0 unspecified atom stereocenters. The van der Waals surface area contributed by atoms with Crippen molar-refractivity contribution in [1.82, 2.24) is 14.5 Å². The van der Waals surface area contributed by atoms with E-state index >= 15 is 0 Å². The molecule has 0 spiro atoms. The molecule has 8 heteroatoms. The molecule has 0 aliphatic heterocycles. The number of aromatic nitrogens is 3. The van der Waals surface area contributed by atoms with Crippen LogP contribution in [0.1, 0.15) is 39.0 Å². The van der Waals surface area contributed by atoms with Crippen molar-refractivity contribution < 1.29 is 19.1 Å². The van der Waals surface area contributed by atoms with Gasteiger partial charge in [0.25, 0.3) is 0 Å². The summed E-state index contributed by atoms with van der Waals surface area (Å²) in [4.78, 5) is 32.9. The van der Waals surface area contributed by atoms with Crippen molar-refractivity contribution in [3.05, 3.63) is 46.8 Å². The highest BCUT2D eigenvalue weighted by Gasteiger charge is 2.27. The van der Waals surface area contributed by atoms with Crippen molar-refractivity contribution in [1.29, 1.82) is 0 Å². The summed E-state index contributed by atoms with van der Waals surface area (Å²) < 4.78 is 12.1. The number of H-pyrrole nitrogens is 1. The van der Waals surface area contributed by atoms with Gasteiger partial charge in [-0.3, -0.25) is 4.79 Å². The van der Waals surface area contributed by atoms with Gasteiger partial charge in [-0.05, 0) is 38.5 Å². The largest absolute Gasteiger partial charge is 0.465 e. The minimum absolute atomic E-state index is 0.0869. The lowest BCUT2D eigenvalue weighted by atomic mass is 10.1. The molecule has 0 bridgehead atoms. The number of rotatable bonds is 8. The Morgan fingerprint density at radius 1 is 1.24 bits per heavy atom. The smallest absolute Gasteiger partial charge is 0.339 e. The van der Waals surface area contributed by atoms with Crippen LogP contribution < -0.4 is 0 Å². The summed E-state index contributed by atoms with van der Waals surface area (Å²) in [5.41, 5.74) is 3.97. The quantitative estimate of drug-likeness (QED) is 0.342. The van der Waals surface area contributed by atoms with Crippen LogP contribution in [0.5, 0.6) is 0 Å². The van der Waals surface area contributed by atoms with E-state index in [4.69, 9.17) is 14.5 Å². The lowest BCUT2D eigenvalue weighted by Gasteiger charge is -2.12. The molecule has 0 saturated heterocycles. The van der Waals surface area contributed by atoms with Gasteiger partial charge < -0.3 is 19.0 Å². The van der Waals surface area contributed by atoms with Crippen LogP contribution >= 0.6 is 11.8 Å². The molecule has 7 nitrogen and oxygen atoms in total. The molecule has 2 aromatic heterocycles. The number of benzene rings is 1. The van der Waals surface area contributed by atoms with Gasteiger partial charge in [0.1, 0.15) is 0 Å². The summed E-state index contributed by atoms with van der Waals surface area (Å²) >= 11 is 1.40. The number of hydrogen-bond donors (Lipinski definition) is 1. The molecule has 0 aliphatic carbocycles. The molecule has 0 radical (unpaired) electrons. The van der Waals surface area contributed by atoms with Crippen LogP contribution in [0, 0.1) is 13.8 Å². The monoisotopic (exact) mass is 415 g/mol. The molecule has 1 atom stereocenters. The normalized spacial score (nSPS) is 12.3. The number of carbonyl (C=O) groups is 2. The number of nitrogens with one attached hydrogen (secondary N) is 1. The van der Waals surface area contributed by atoms with Crippen molar-refractivity contribution in [2.24, 2.45) is 0 Å². The second-order valence-electron chi connectivity index (χ2n) is 6.77. The van der Waals surface area contributed by atoms with Gasteiger partial charge in [0, 0.05) is 19.3 Å². The number of ketones is 1. The SMILES string of the molecule is COCCn1c(S[C@@H](C)C(=O)c2[nH]c(C)c(C(=O)OC)c2C)nc2ccccc21. The number of fused-ring (bicyclic) bond motifs is 1. The average molecular weight is 416 g/mol. The van der Waals surface area contributed by atoms with Gasteiger partial charge >= 0.3 is 5.97 Å². The van der Waals surface area contributed by atoms with Gasteiger partial charge in [-0.15, -0.1) is 0 Å². The zero-order valence-electron chi connectivity index (χ0n) is 17.2. The Hall–Kier alpha value is -2.58. The Balaban J connectivity index is 1.90. The van der Waals surface area contributed by atoms with Crippen LogP contribution in [-0.2, 0) is 16.0 Å². The van der Waals surface area contributed by atoms with Gasteiger partial charge in [0.15, 0.2) is 10.9 Å². The third kappa shape index (κ3) is 4.09. The van der Waals surface area contributed by atoms with Gasteiger partial charge in [0.05, 0.1) is 41.3 Å². The number of Topliss-reactive ketones (excluding diaryl/α,β-unsaturated/α-hetero) is 1. The lowest BCUT2D eigenvalue weighted by molar-refractivity contribution is 0.0599. The highest BCUT2D eigenvalue weighted by Crippen LogP contribution is 2.30. The number of aryl methyl sites for hydroxylation is 1. The summed E-state index contributed by atoms with van der Waals surface area (Å²) in [6.45, 7) is 6.56. The van der Waals surface area contributed by atoms with Crippen molar-refractivity contribution in [3.63, 3.8) is 0 Å². The minimum Gasteiger partial charge on any atom is -0.465 e. The third-order valence-corrected chi connectivity index (χ3v) is 5.95. The van der Waals surface area contributed by atoms with E-state index in [1.807, 2.05) is 31.2 Å². The zero-order valence-corrected chi connectivity index (χ0v) is 18.1. The van der Waals surface area contributed by atoms with Crippen LogP contribution in [0.25, 0.3) is 11.0 Å². The van der Waals surface area contributed by atoms with Crippen LogP contribution in [0.15, 0.2) is 29.4 Å². The molecule has 0 saturated carbocycles. The van der Waals surface area contributed by atoms with E-state index in [2.05, 4.69) is 9.55 Å². The Labute approximate surface area is 173 Å². The summed E-state index contributed by atoms with van der Waals surface area (Å²) in [7, 11) is 2.99. The molecule has 3 aromatic rings. The van der Waals surface area contributed by atoms with Crippen LogP contribution in [0.2, 0.25) is 0 Å². The Morgan fingerprint density at radius 2 is 1.97 bits per heavy atom. The maximum atomic E-state index is 13.1. The summed E-state index contributed by atoms with van der Waals surface area (Å²) in [5.74, 6) is -0.534. The van der Waals surface area contributed by atoms with E-state index in [1.165, 1.54) is 18.9 Å². The predicted molar refractivity (Wildman–Crippen MR) is 113 cm³/mol. The van der Waals surface area contributed by atoms with E-state index in [0.717, 1.165) is 16.2 Å². The van der Waals surface area contributed by atoms with Crippen molar-refractivity contribution >= 4 is 34.5 Å². The standard InChI is InChI=1S/C21H25N3O4S/c1-12-17(20(26)28-5)13(2)22-18(12)19(25)14(3)29-21-23-15-8-6-7-9-16(15)24(21)10-11-27-4/h6-9,14,22H,10-11H2,1-5H3/t14-/m0/s1. The minimum atomic E-state index is -0.447. The second-order valence-corrected chi connectivity index (χ2v) is 8.08. The fourth-order valence-corrected chi connectivity index (χ4v) is 4.37. The highest BCUT2D eigenvalue weighted by molar-refractivity contribution is 8.00. The number of thioether (sulfide) groups is 1.